The van der Waals surface area contributed by atoms with Gasteiger partial charge in [0.25, 0.3) is 0 Å². The number of hydrogen-bond acceptors (Lipinski definition) is 2. The van der Waals surface area contributed by atoms with Gasteiger partial charge in [-0.05, 0) is 42.6 Å². The summed E-state index contributed by atoms with van der Waals surface area (Å²) in [7, 11) is 0. The average molecular weight is 254 g/mol. The molecular formula is C16H18N2O. The largest absolute Gasteiger partial charge is 0.468 e. The van der Waals surface area contributed by atoms with Crippen molar-refractivity contribution in [3.8, 4) is 0 Å². The number of nitrogens with one attached hydrogen (secondary N) is 1. The zero-order valence-corrected chi connectivity index (χ0v) is 11.1. The molecule has 0 bridgehead atoms. The van der Waals surface area contributed by atoms with Gasteiger partial charge in [-0.15, -0.1) is 0 Å². The molecule has 98 valence electrons. The molecule has 0 aliphatic rings. The molecular weight excluding hydrogens is 236 g/mol. The molecule has 19 heavy (non-hydrogen) atoms. The third-order valence-corrected chi connectivity index (χ3v) is 3.34. The summed E-state index contributed by atoms with van der Waals surface area (Å²) in [5, 5.41) is 4.70. The van der Waals surface area contributed by atoms with Crippen molar-refractivity contribution in [3.63, 3.8) is 0 Å². The van der Waals surface area contributed by atoms with E-state index in [0.717, 1.165) is 25.4 Å². The minimum Gasteiger partial charge on any atom is -0.468 e. The summed E-state index contributed by atoms with van der Waals surface area (Å²) in [6, 6.07) is 12.7. The number of nitrogens with zero attached hydrogens (tertiary/aromatic N) is 1. The Balaban J connectivity index is 1.59. The Labute approximate surface area is 112 Å². The fourth-order valence-corrected chi connectivity index (χ4v) is 2.34. The van der Waals surface area contributed by atoms with E-state index in [-0.39, 0.29) is 0 Å². The summed E-state index contributed by atoms with van der Waals surface area (Å²) in [6.07, 6.45) is 3.86. The van der Waals surface area contributed by atoms with Gasteiger partial charge in [0.05, 0.1) is 12.8 Å². The van der Waals surface area contributed by atoms with E-state index < -0.39 is 0 Å². The highest BCUT2D eigenvalue weighted by atomic mass is 16.3. The van der Waals surface area contributed by atoms with Crippen LogP contribution in [0.3, 0.4) is 0 Å². The van der Waals surface area contributed by atoms with Crippen molar-refractivity contribution in [2.45, 2.75) is 20.0 Å². The Morgan fingerprint density at radius 3 is 3.00 bits per heavy atom. The normalized spacial score (nSPS) is 11.2. The zero-order valence-electron chi connectivity index (χ0n) is 11.1. The van der Waals surface area contributed by atoms with Gasteiger partial charge in [0.15, 0.2) is 0 Å². The molecule has 0 spiro atoms. The van der Waals surface area contributed by atoms with E-state index in [1.54, 1.807) is 6.26 Å². The molecule has 0 saturated carbocycles. The van der Waals surface area contributed by atoms with Gasteiger partial charge in [0, 0.05) is 24.8 Å². The predicted molar refractivity (Wildman–Crippen MR) is 77.1 cm³/mol. The van der Waals surface area contributed by atoms with Crippen LogP contribution < -0.4 is 5.32 Å². The third-order valence-electron chi connectivity index (χ3n) is 3.34. The smallest absolute Gasteiger partial charge is 0.117 e. The number of benzene rings is 1. The van der Waals surface area contributed by atoms with Crippen LogP contribution in [0.15, 0.2) is 53.3 Å². The Kier molecular flexibility index (Phi) is 3.38. The molecule has 3 nitrogen and oxygen atoms in total. The maximum absolute atomic E-state index is 5.28. The average Bonchev–Trinajstić information content (AvgIpc) is 3.03. The van der Waals surface area contributed by atoms with Crippen LogP contribution in [0.5, 0.6) is 0 Å². The van der Waals surface area contributed by atoms with E-state index in [9.17, 15) is 0 Å². The van der Waals surface area contributed by atoms with Crippen LogP contribution in [0, 0.1) is 6.92 Å². The second-order valence-electron chi connectivity index (χ2n) is 4.83. The van der Waals surface area contributed by atoms with Gasteiger partial charge in [-0.25, -0.2) is 0 Å². The van der Waals surface area contributed by atoms with E-state index in [1.165, 1.54) is 16.5 Å². The van der Waals surface area contributed by atoms with Crippen LogP contribution in [0.1, 0.15) is 11.3 Å². The first-order chi connectivity index (χ1) is 9.33. The van der Waals surface area contributed by atoms with E-state index in [2.05, 4.69) is 47.3 Å². The van der Waals surface area contributed by atoms with Gasteiger partial charge < -0.3 is 14.3 Å². The second-order valence-corrected chi connectivity index (χ2v) is 4.83. The summed E-state index contributed by atoms with van der Waals surface area (Å²) < 4.78 is 7.57. The zero-order chi connectivity index (χ0) is 13.1. The van der Waals surface area contributed by atoms with Gasteiger partial charge in [0.1, 0.15) is 5.76 Å². The molecule has 2 aromatic heterocycles. The van der Waals surface area contributed by atoms with Crippen LogP contribution in [0.4, 0.5) is 0 Å². The van der Waals surface area contributed by atoms with Crippen LogP contribution in [0.2, 0.25) is 0 Å². The lowest BCUT2D eigenvalue weighted by Gasteiger charge is -2.06. The summed E-state index contributed by atoms with van der Waals surface area (Å²) in [5.74, 6) is 0.980. The number of aromatic nitrogens is 1. The molecule has 3 rings (SSSR count). The molecule has 1 aromatic carbocycles. The van der Waals surface area contributed by atoms with Crippen molar-refractivity contribution in [1.29, 1.82) is 0 Å². The molecule has 3 heteroatoms. The predicted octanol–water partition coefficient (Wildman–Crippen LogP) is 3.33. The number of aryl methyl sites for hydroxylation is 1. The Hall–Kier alpha value is -2.00. The second kappa shape index (κ2) is 5.33. The molecule has 1 N–H and O–H groups in total. The van der Waals surface area contributed by atoms with Crippen molar-refractivity contribution >= 4 is 10.9 Å². The molecule has 0 amide bonds. The molecule has 0 aliphatic heterocycles. The van der Waals surface area contributed by atoms with Gasteiger partial charge in [-0.3, -0.25) is 0 Å². The van der Waals surface area contributed by atoms with Crippen LogP contribution >= 0.6 is 0 Å². The first kappa shape index (κ1) is 12.1. The van der Waals surface area contributed by atoms with Crippen LogP contribution in [0.25, 0.3) is 10.9 Å². The quantitative estimate of drug-likeness (QED) is 0.708. The van der Waals surface area contributed by atoms with Crippen molar-refractivity contribution in [2.75, 3.05) is 6.54 Å². The Morgan fingerprint density at radius 1 is 1.21 bits per heavy atom. The van der Waals surface area contributed by atoms with E-state index >= 15 is 0 Å². The fourth-order valence-electron chi connectivity index (χ4n) is 2.34. The standard InChI is InChI=1S/C16H18N2O/c1-13-4-5-16-14(11-13)6-8-18(16)9-7-17-12-15-3-2-10-19-15/h2-6,8,10-11,17H,7,9,12H2,1H3. The topological polar surface area (TPSA) is 30.1 Å². The van der Waals surface area contributed by atoms with Gasteiger partial charge >= 0.3 is 0 Å². The first-order valence-electron chi connectivity index (χ1n) is 6.61. The monoisotopic (exact) mass is 254 g/mol. The summed E-state index contributed by atoms with van der Waals surface area (Å²) in [5.41, 5.74) is 2.60. The van der Waals surface area contributed by atoms with E-state index in [0.29, 0.717) is 0 Å². The Bertz CT molecular complexity index is 653. The minimum atomic E-state index is 0.783. The van der Waals surface area contributed by atoms with Crippen molar-refractivity contribution in [2.24, 2.45) is 0 Å². The van der Waals surface area contributed by atoms with Crippen LogP contribution in [-0.4, -0.2) is 11.1 Å². The highest BCUT2D eigenvalue weighted by Crippen LogP contribution is 2.17. The van der Waals surface area contributed by atoms with Gasteiger partial charge in [0.2, 0.25) is 0 Å². The van der Waals surface area contributed by atoms with Gasteiger partial charge in [-0.2, -0.15) is 0 Å². The molecule has 2 heterocycles. The SMILES string of the molecule is Cc1ccc2c(ccn2CCNCc2ccco2)c1. The van der Waals surface area contributed by atoms with Crippen molar-refractivity contribution < 1.29 is 4.42 Å². The number of hydrogen-bond donors (Lipinski definition) is 1. The number of fused-ring (bicyclic) bond motifs is 1. The lowest BCUT2D eigenvalue weighted by atomic mass is 10.2. The molecule has 0 aliphatic carbocycles. The van der Waals surface area contributed by atoms with Gasteiger partial charge in [-0.1, -0.05) is 11.6 Å². The maximum Gasteiger partial charge on any atom is 0.117 e. The van der Waals surface area contributed by atoms with E-state index in [4.69, 9.17) is 4.42 Å². The summed E-state index contributed by atoms with van der Waals surface area (Å²) >= 11 is 0. The molecule has 0 atom stereocenters. The first-order valence-corrected chi connectivity index (χ1v) is 6.61. The molecule has 0 radical (unpaired) electrons. The summed E-state index contributed by atoms with van der Waals surface area (Å²) in [4.78, 5) is 0. The molecule has 0 unspecified atom stereocenters. The number of rotatable bonds is 5. The third kappa shape index (κ3) is 2.71. The van der Waals surface area contributed by atoms with E-state index in [1.807, 2.05) is 12.1 Å². The Morgan fingerprint density at radius 2 is 2.16 bits per heavy atom. The molecule has 0 fully saturated rings. The number of furan rings is 1. The van der Waals surface area contributed by atoms with Crippen molar-refractivity contribution in [3.05, 3.63) is 60.2 Å². The summed E-state index contributed by atoms with van der Waals surface area (Å²) in [6.45, 7) is 4.80. The molecule has 3 aromatic rings. The lowest BCUT2D eigenvalue weighted by Crippen LogP contribution is -2.18. The van der Waals surface area contributed by atoms with Crippen molar-refractivity contribution in [1.82, 2.24) is 9.88 Å². The van der Waals surface area contributed by atoms with Crippen LogP contribution in [-0.2, 0) is 13.1 Å². The highest BCUT2D eigenvalue weighted by molar-refractivity contribution is 5.80. The minimum absolute atomic E-state index is 0.783. The fraction of sp³-hybridized carbons (Fsp3) is 0.250. The molecule has 0 saturated heterocycles. The lowest BCUT2D eigenvalue weighted by molar-refractivity contribution is 0.477. The highest BCUT2D eigenvalue weighted by Gasteiger charge is 2.01. The maximum atomic E-state index is 5.28.